The van der Waals surface area contributed by atoms with Crippen molar-refractivity contribution in [2.24, 2.45) is 0 Å². The molecule has 0 saturated heterocycles. The number of sulfone groups is 1. The molecule has 0 aliphatic carbocycles. The van der Waals surface area contributed by atoms with Gasteiger partial charge in [0.25, 0.3) is 0 Å². The van der Waals surface area contributed by atoms with Gasteiger partial charge in [0, 0.05) is 6.26 Å². The lowest BCUT2D eigenvalue weighted by Gasteiger charge is -2.17. The average molecular weight is 302 g/mol. The fraction of sp³-hybridized carbons (Fsp3) is 0.462. The van der Waals surface area contributed by atoms with Gasteiger partial charge in [0.1, 0.15) is 6.10 Å². The first-order valence-corrected chi connectivity index (χ1v) is 7.96. The Morgan fingerprint density at radius 1 is 1.25 bits per heavy atom. The van der Waals surface area contributed by atoms with Crippen LogP contribution >= 0.6 is 0 Å². The van der Waals surface area contributed by atoms with Crippen LogP contribution in [0.1, 0.15) is 25.0 Å². The molecule has 2 atom stereocenters. The average Bonchev–Trinajstić information content (AvgIpc) is 2.37. The lowest BCUT2D eigenvalue weighted by molar-refractivity contribution is -0.147. The number of ether oxygens (including phenoxy) is 1. The second-order valence-corrected chi connectivity index (χ2v) is 6.38. The molecular formula is C13H18O6S. The van der Waals surface area contributed by atoms with Crippen LogP contribution in [0.3, 0.4) is 0 Å². The van der Waals surface area contributed by atoms with Crippen LogP contribution in [-0.2, 0) is 19.4 Å². The standard InChI is InChI=1S/C13H18O6S/c1-3-19-12(15)8-11(14)13(16)9-4-6-10(7-5-9)20(2,17)18/h4-7,11,13-14,16H,3,8H2,1-2H3. The van der Waals surface area contributed by atoms with E-state index in [0.717, 1.165) is 6.26 Å². The molecule has 1 rings (SSSR count). The van der Waals surface area contributed by atoms with Crippen molar-refractivity contribution in [3.63, 3.8) is 0 Å². The quantitative estimate of drug-likeness (QED) is 0.739. The largest absolute Gasteiger partial charge is 0.466 e. The molecule has 7 heteroatoms. The number of hydrogen-bond acceptors (Lipinski definition) is 6. The summed E-state index contributed by atoms with van der Waals surface area (Å²) in [6.45, 7) is 1.84. The number of benzene rings is 1. The van der Waals surface area contributed by atoms with Crippen molar-refractivity contribution in [2.45, 2.75) is 30.4 Å². The summed E-state index contributed by atoms with van der Waals surface area (Å²) in [6, 6.07) is 5.47. The molecular weight excluding hydrogens is 284 g/mol. The Balaban J connectivity index is 2.77. The molecule has 0 spiro atoms. The molecule has 0 aliphatic heterocycles. The maximum absolute atomic E-state index is 11.3. The highest BCUT2D eigenvalue weighted by Gasteiger charge is 2.22. The van der Waals surface area contributed by atoms with Crippen molar-refractivity contribution in [2.75, 3.05) is 12.9 Å². The summed E-state index contributed by atoms with van der Waals surface area (Å²) in [7, 11) is -3.31. The maximum atomic E-state index is 11.3. The van der Waals surface area contributed by atoms with Gasteiger partial charge in [-0.2, -0.15) is 0 Å². The first kappa shape index (κ1) is 16.6. The first-order valence-electron chi connectivity index (χ1n) is 6.07. The number of carbonyl (C=O) groups excluding carboxylic acids is 1. The van der Waals surface area contributed by atoms with Gasteiger partial charge in [0.05, 0.1) is 24.0 Å². The summed E-state index contributed by atoms with van der Waals surface area (Å²) in [5.41, 5.74) is 0.328. The topological polar surface area (TPSA) is 101 Å². The van der Waals surface area contributed by atoms with E-state index in [-0.39, 0.29) is 17.9 Å². The third kappa shape index (κ3) is 4.59. The summed E-state index contributed by atoms with van der Waals surface area (Å²) in [4.78, 5) is 11.3. The zero-order valence-electron chi connectivity index (χ0n) is 11.3. The first-order chi connectivity index (χ1) is 9.25. The highest BCUT2D eigenvalue weighted by Crippen LogP contribution is 2.21. The summed E-state index contributed by atoms with van der Waals surface area (Å²) >= 11 is 0. The Morgan fingerprint density at radius 3 is 2.25 bits per heavy atom. The highest BCUT2D eigenvalue weighted by atomic mass is 32.2. The van der Waals surface area contributed by atoms with Crippen molar-refractivity contribution in [3.05, 3.63) is 29.8 Å². The molecule has 6 nitrogen and oxygen atoms in total. The van der Waals surface area contributed by atoms with Crippen molar-refractivity contribution in [1.29, 1.82) is 0 Å². The molecule has 20 heavy (non-hydrogen) atoms. The Kier molecular flexibility index (Phi) is 5.67. The molecule has 0 aliphatic rings. The summed E-state index contributed by atoms with van der Waals surface area (Å²) < 4.78 is 27.3. The molecule has 0 radical (unpaired) electrons. The fourth-order valence-electron chi connectivity index (χ4n) is 1.64. The molecule has 0 saturated carbocycles. The molecule has 0 amide bonds. The van der Waals surface area contributed by atoms with Gasteiger partial charge < -0.3 is 14.9 Å². The molecule has 2 unspecified atom stereocenters. The minimum atomic E-state index is -3.31. The molecule has 0 fully saturated rings. The Labute approximate surface area is 117 Å². The molecule has 112 valence electrons. The fourth-order valence-corrected chi connectivity index (χ4v) is 2.27. The third-order valence-electron chi connectivity index (χ3n) is 2.70. The summed E-state index contributed by atoms with van der Waals surface area (Å²) in [5.74, 6) is -0.605. The van der Waals surface area contributed by atoms with E-state index in [2.05, 4.69) is 4.74 Å². The van der Waals surface area contributed by atoms with Gasteiger partial charge in [-0.05, 0) is 24.6 Å². The number of esters is 1. The van der Waals surface area contributed by atoms with Gasteiger partial charge in [-0.15, -0.1) is 0 Å². The third-order valence-corrected chi connectivity index (χ3v) is 3.82. The lowest BCUT2D eigenvalue weighted by Crippen LogP contribution is -2.23. The van der Waals surface area contributed by atoms with Crippen LogP contribution in [-0.4, -0.2) is 43.6 Å². The molecule has 1 aromatic rings. The zero-order chi connectivity index (χ0) is 15.3. The minimum absolute atomic E-state index is 0.119. The van der Waals surface area contributed by atoms with Crippen molar-refractivity contribution in [3.8, 4) is 0 Å². The Bertz CT molecular complexity index is 549. The van der Waals surface area contributed by atoms with Crippen molar-refractivity contribution < 1.29 is 28.2 Å². The molecule has 2 N–H and O–H groups in total. The SMILES string of the molecule is CCOC(=O)CC(O)C(O)c1ccc(S(C)(=O)=O)cc1. The van der Waals surface area contributed by atoms with Crippen molar-refractivity contribution >= 4 is 15.8 Å². The zero-order valence-corrected chi connectivity index (χ0v) is 12.1. The second-order valence-electron chi connectivity index (χ2n) is 4.36. The number of aliphatic hydroxyl groups excluding tert-OH is 2. The molecule has 0 aromatic heterocycles. The van der Waals surface area contributed by atoms with E-state index in [1.807, 2.05) is 0 Å². The Morgan fingerprint density at radius 2 is 1.80 bits per heavy atom. The molecule has 0 bridgehead atoms. The summed E-state index contributed by atoms with van der Waals surface area (Å²) in [5, 5.41) is 19.6. The van der Waals surface area contributed by atoms with Crippen LogP contribution in [0.15, 0.2) is 29.2 Å². The highest BCUT2D eigenvalue weighted by molar-refractivity contribution is 7.90. The van der Waals surface area contributed by atoms with Crippen molar-refractivity contribution in [1.82, 2.24) is 0 Å². The van der Waals surface area contributed by atoms with E-state index in [4.69, 9.17) is 0 Å². The predicted molar refractivity (Wildman–Crippen MR) is 71.8 cm³/mol. The Hall–Kier alpha value is -1.44. The van der Waals surface area contributed by atoms with E-state index >= 15 is 0 Å². The number of carbonyl (C=O) groups is 1. The van der Waals surface area contributed by atoms with Crippen LogP contribution in [0.5, 0.6) is 0 Å². The number of rotatable bonds is 6. The van der Waals surface area contributed by atoms with Crippen LogP contribution in [0, 0.1) is 0 Å². The normalized spacial score (nSPS) is 14.6. The predicted octanol–water partition coefficient (Wildman–Crippen LogP) is 0.438. The van der Waals surface area contributed by atoms with Gasteiger partial charge in [-0.25, -0.2) is 8.42 Å². The van der Waals surface area contributed by atoms with Gasteiger partial charge >= 0.3 is 5.97 Å². The van der Waals surface area contributed by atoms with E-state index in [9.17, 15) is 23.4 Å². The van der Waals surface area contributed by atoms with E-state index < -0.39 is 28.0 Å². The van der Waals surface area contributed by atoms with Crippen LogP contribution in [0.2, 0.25) is 0 Å². The summed E-state index contributed by atoms with van der Waals surface area (Å²) in [6.07, 6.45) is -1.84. The minimum Gasteiger partial charge on any atom is -0.466 e. The van der Waals surface area contributed by atoms with Crippen LogP contribution in [0.25, 0.3) is 0 Å². The van der Waals surface area contributed by atoms with E-state index in [1.165, 1.54) is 24.3 Å². The lowest BCUT2D eigenvalue weighted by atomic mass is 10.0. The second kappa shape index (κ2) is 6.83. The van der Waals surface area contributed by atoms with Crippen LogP contribution in [0.4, 0.5) is 0 Å². The monoisotopic (exact) mass is 302 g/mol. The molecule has 1 aromatic carbocycles. The van der Waals surface area contributed by atoms with Gasteiger partial charge in [0.15, 0.2) is 9.84 Å². The van der Waals surface area contributed by atoms with Crippen LogP contribution < -0.4 is 0 Å². The molecule has 0 heterocycles. The van der Waals surface area contributed by atoms with Gasteiger partial charge in [0.2, 0.25) is 0 Å². The number of aliphatic hydroxyl groups is 2. The maximum Gasteiger partial charge on any atom is 0.308 e. The van der Waals surface area contributed by atoms with Gasteiger partial charge in [-0.1, -0.05) is 12.1 Å². The van der Waals surface area contributed by atoms with E-state index in [1.54, 1.807) is 6.92 Å². The van der Waals surface area contributed by atoms with E-state index in [0.29, 0.717) is 5.56 Å². The number of hydrogen-bond donors (Lipinski definition) is 2. The van der Waals surface area contributed by atoms with Gasteiger partial charge in [-0.3, -0.25) is 4.79 Å². The smallest absolute Gasteiger partial charge is 0.308 e.